The van der Waals surface area contributed by atoms with Gasteiger partial charge in [-0.15, -0.1) is 0 Å². The van der Waals surface area contributed by atoms with Crippen molar-refractivity contribution in [1.82, 2.24) is 30.5 Å². The number of benzene rings is 1. The van der Waals surface area contributed by atoms with E-state index in [-0.39, 0.29) is 17.8 Å². The number of likely N-dealkylation sites (tertiary alicyclic amines) is 1. The first-order valence-electron chi connectivity index (χ1n) is 11.1. The third-order valence-electron chi connectivity index (χ3n) is 5.75. The number of hydrogen-bond acceptors (Lipinski definition) is 6. The summed E-state index contributed by atoms with van der Waals surface area (Å²) in [5.41, 5.74) is 2.38. The lowest BCUT2D eigenvalue weighted by atomic mass is 9.98. The van der Waals surface area contributed by atoms with Gasteiger partial charge in [-0.2, -0.15) is 0 Å². The van der Waals surface area contributed by atoms with Crippen LogP contribution >= 0.6 is 0 Å². The number of aromatic amines is 1. The Bertz CT molecular complexity index is 1110. The van der Waals surface area contributed by atoms with Crippen molar-refractivity contribution >= 4 is 23.2 Å². The number of piperidine rings is 1. The number of nitrogens with zero attached hydrogens (tertiary/aromatic N) is 3. The van der Waals surface area contributed by atoms with E-state index in [1.165, 1.54) is 18.3 Å². The predicted molar refractivity (Wildman–Crippen MR) is 125 cm³/mol. The van der Waals surface area contributed by atoms with Crippen LogP contribution in [0.3, 0.4) is 0 Å². The summed E-state index contributed by atoms with van der Waals surface area (Å²) in [4.78, 5) is 26.7. The van der Waals surface area contributed by atoms with Crippen molar-refractivity contribution in [2.45, 2.75) is 25.9 Å². The third kappa shape index (κ3) is 6.01. The van der Waals surface area contributed by atoms with Crippen LogP contribution in [0.15, 0.2) is 54.4 Å². The van der Waals surface area contributed by atoms with Crippen LogP contribution in [0.5, 0.6) is 0 Å². The number of aromatic nitrogens is 3. The molecule has 0 radical (unpaired) electrons. The molecule has 3 aromatic rings. The van der Waals surface area contributed by atoms with Gasteiger partial charge in [0.15, 0.2) is 0 Å². The Hall–Kier alpha value is -3.59. The number of fused-ring (bicyclic) bond motifs is 1. The van der Waals surface area contributed by atoms with Crippen LogP contribution in [0.4, 0.5) is 4.39 Å². The maximum Gasteiger partial charge on any atom is 0.254 e. The van der Waals surface area contributed by atoms with Gasteiger partial charge in [-0.3, -0.25) is 14.7 Å². The summed E-state index contributed by atoms with van der Waals surface area (Å²) in [6.45, 7) is 3.41. The normalized spacial score (nSPS) is 17.1. The fourth-order valence-corrected chi connectivity index (χ4v) is 4.08. The minimum Gasteiger partial charge on any atom is -0.390 e. The molecule has 0 saturated carbocycles. The number of hydrogen-bond donors (Lipinski definition) is 4. The van der Waals surface area contributed by atoms with Gasteiger partial charge in [-0.05, 0) is 49.6 Å². The van der Waals surface area contributed by atoms with E-state index in [4.69, 9.17) is 5.41 Å². The summed E-state index contributed by atoms with van der Waals surface area (Å²) in [5.74, 6) is 0.479. The first kappa shape index (κ1) is 22.6. The van der Waals surface area contributed by atoms with Crippen LogP contribution < -0.4 is 10.6 Å². The van der Waals surface area contributed by atoms with Gasteiger partial charge >= 0.3 is 0 Å². The Kier molecular flexibility index (Phi) is 7.41. The van der Waals surface area contributed by atoms with Gasteiger partial charge in [0.1, 0.15) is 11.6 Å². The highest BCUT2D eigenvalue weighted by Crippen LogP contribution is 2.19. The quantitative estimate of drug-likeness (QED) is 0.297. The fraction of sp³-hybridized carbons (Fsp3) is 0.333. The van der Waals surface area contributed by atoms with Crippen LogP contribution in [0, 0.1) is 17.1 Å². The molecule has 1 fully saturated rings. The molecule has 1 aliphatic heterocycles. The largest absolute Gasteiger partial charge is 0.390 e. The highest BCUT2D eigenvalue weighted by molar-refractivity contribution is 6.11. The van der Waals surface area contributed by atoms with Gasteiger partial charge < -0.3 is 21.0 Å². The van der Waals surface area contributed by atoms with Crippen LogP contribution in [-0.4, -0.2) is 51.6 Å². The zero-order valence-electron chi connectivity index (χ0n) is 18.4. The van der Waals surface area contributed by atoms with Crippen molar-refractivity contribution in [2.75, 3.05) is 19.6 Å². The average molecular weight is 450 g/mol. The average Bonchev–Trinajstić information content (AvgIpc) is 3.23. The molecule has 4 N–H and O–H groups in total. The van der Waals surface area contributed by atoms with Crippen molar-refractivity contribution in [3.05, 3.63) is 71.7 Å². The van der Waals surface area contributed by atoms with E-state index in [0.717, 1.165) is 55.5 Å². The molecule has 8 nitrogen and oxygen atoms in total. The van der Waals surface area contributed by atoms with Gasteiger partial charge in [-0.1, -0.05) is 12.1 Å². The Balaban J connectivity index is 1.26. The van der Waals surface area contributed by atoms with Gasteiger partial charge in [0.2, 0.25) is 0 Å². The summed E-state index contributed by atoms with van der Waals surface area (Å²) in [5, 5.41) is 13.3. The van der Waals surface area contributed by atoms with Gasteiger partial charge in [0.25, 0.3) is 5.91 Å². The number of rotatable bonds is 9. The molecule has 0 aliphatic carbocycles. The molecule has 2 aromatic heterocycles. The molecule has 172 valence electrons. The maximum absolute atomic E-state index is 13.7. The van der Waals surface area contributed by atoms with Crippen LogP contribution in [0.1, 0.15) is 24.4 Å². The molecule has 0 bridgehead atoms. The molecular formula is C24H28FN7O. The highest BCUT2D eigenvalue weighted by Gasteiger charge is 2.20. The number of para-hydroxylation sites is 2. The number of carbonyl (C=O) groups is 1. The van der Waals surface area contributed by atoms with Crippen molar-refractivity contribution in [1.29, 1.82) is 5.41 Å². The van der Waals surface area contributed by atoms with Crippen LogP contribution in [0.2, 0.25) is 0 Å². The minimum absolute atomic E-state index is 0.0317. The van der Waals surface area contributed by atoms with E-state index in [1.54, 1.807) is 6.20 Å². The standard InChI is InChI=1S/C24H28FN7O/c25-19-6-3-9-28-22(19)14-29-24(33)18(11-26)13-27-12-17-5-4-10-32(15-17)16-23-30-20-7-1-2-8-21(20)31-23/h1-3,6-9,11,13,17,26-27H,4-5,10,12,14-16H2,(H,29,33)(H,30,31)/b18-13+,26-11?. The lowest BCUT2D eigenvalue weighted by Crippen LogP contribution is -2.38. The summed E-state index contributed by atoms with van der Waals surface area (Å²) < 4.78 is 13.7. The lowest BCUT2D eigenvalue weighted by Gasteiger charge is -2.32. The topological polar surface area (TPSA) is 110 Å². The Morgan fingerprint density at radius 2 is 2.18 bits per heavy atom. The molecule has 1 atom stereocenters. The molecule has 1 amide bonds. The van der Waals surface area contributed by atoms with Crippen LogP contribution in [-0.2, 0) is 17.9 Å². The third-order valence-corrected chi connectivity index (χ3v) is 5.75. The summed E-state index contributed by atoms with van der Waals surface area (Å²) in [6.07, 6.45) is 6.22. The molecule has 1 saturated heterocycles. The zero-order chi connectivity index (χ0) is 23.0. The van der Waals surface area contributed by atoms with Crippen LogP contribution in [0.25, 0.3) is 11.0 Å². The molecule has 33 heavy (non-hydrogen) atoms. The van der Waals surface area contributed by atoms with E-state index in [9.17, 15) is 9.18 Å². The van der Waals surface area contributed by atoms with Gasteiger partial charge in [0.05, 0.1) is 35.4 Å². The highest BCUT2D eigenvalue weighted by atomic mass is 19.1. The van der Waals surface area contributed by atoms with Crippen molar-refractivity contribution in [3.8, 4) is 0 Å². The van der Waals surface area contributed by atoms with E-state index in [2.05, 4.69) is 30.5 Å². The van der Waals surface area contributed by atoms with Crippen molar-refractivity contribution in [3.63, 3.8) is 0 Å². The smallest absolute Gasteiger partial charge is 0.254 e. The Labute approximate surface area is 191 Å². The van der Waals surface area contributed by atoms with Gasteiger partial charge in [-0.25, -0.2) is 9.37 Å². The lowest BCUT2D eigenvalue weighted by molar-refractivity contribution is -0.117. The molecular weight excluding hydrogens is 421 g/mol. The number of nitrogens with one attached hydrogen (secondary N) is 4. The predicted octanol–water partition coefficient (Wildman–Crippen LogP) is 2.75. The molecule has 1 aliphatic rings. The van der Waals surface area contributed by atoms with E-state index in [0.29, 0.717) is 12.5 Å². The number of imidazole rings is 1. The maximum atomic E-state index is 13.7. The Morgan fingerprint density at radius 3 is 3.00 bits per heavy atom. The number of halogens is 1. The number of H-pyrrole nitrogens is 1. The monoisotopic (exact) mass is 449 g/mol. The molecule has 4 rings (SSSR count). The Morgan fingerprint density at radius 1 is 1.30 bits per heavy atom. The van der Waals surface area contributed by atoms with Crippen molar-refractivity contribution in [2.24, 2.45) is 5.92 Å². The van der Waals surface area contributed by atoms with Gasteiger partial charge in [0, 0.05) is 31.7 Å². The first-order chi connectivity index (χ1) is 16.1. The zero-order valence-corrected chi connectivity index (χ0v) is 18.4. The second-order valence-corrected chi connectivity index (χ2v) is 8.21. The van der Waals surface area contributed by atoms with E-state index < -0.39 is 11.7 Å². The number of carbonyl (C=O) groups excluding carboxylic acids is 1. The number of pyridine rings is 1. The number of amides is 1. The molecule has 1 aromatic carbocycles. The van der Waals surface area contributed by atoms with E-state index in [1.807, 2.05) is 24.3 Å². The minimum atomic E-state index is -0.471. The van der Waals surface area contributed by atoms with Crippen molar-refractivity contribution < 1.29 is 9.18 Å². The summed E-state index contributed by atoms with van der Waals surface area (Å²) in [6, 6.07) is 10.8. The first-order valence-corrected chi connectivity index (χ1v) is 11.1. The fourth-order valence-electron chi connectivity index (χ4n) is 4.08. The summed E-state index contributed by atoms with van der Waals surface area (Å²) >= 11 is 0. The second kappa shape index (κ2) is 10.8. The SMILES string of the molecule is N=C/C(=C\NCC1CCCN(Cc2nc3ccccc3[nH]2)C1)C(=O)NCc1ncccc1F. The molecule has 9 heteroatoms. The molecule has 0 spiro atoms. The van der Waals surface area contributed by atoms with E-state index >= 15 is 0 Å². The summed E-state index contributed by atoms with van der Waals surface area (Å²) in [7, 11) is 0. The molecule has 3 heterocycles. The second-order valence-electron chi connectivity index (χ2n) is 8.21. The molecule has 1 unspecified atom stereocenters.